The summed E-state index contributed by atoms with van der Waals surface area (Å²) in [5, 5.41) is 0. The molecule has 0 atom stereocenters. The number of rotatable bonds is 3. The van der Waals surface area contributed by atoms with Crippen molar-refractivity contribution in [3.05, 3.63) is 59.7 Å². The summed E-state index contributed by atoms with van der Waals surface area (Å²) in [7, 11) is 1.81. The zero-order valence-corrected chi connectivity index (χ0v) is 10.0. The van der Waals surface area contributed by atoms with Crippen molar-refractivity contribution in [3.8, 4) is 0 Å². The topological polar surface area (TPSA) is 29.3 Å². The maximum absolute atomic E-state index is 13.5. The summed E-state index contributed by atoms with van der Waals surface area (Å²) in [5.74, 6) is -1.12. The van der Waals surface area contributed by atoms with Gasteiger partial charge in [0.25, 0.3) is 0 Å². The first-order valence-electron chi connectivity index (χ1n) is 5.57. The number of nitrogens with two attached hydrogens (primary N) is 1. The normalized spacial score (nSPS) is 10.4. The number of hydrogen-bond acceptors (Lipinski definition) is 2. The molecule has 0 aliphatic heterocycles. The van der Waals surface area contributed by atoms with E-state index < -0.39 is 11.6 Å². The van der Waals surface area contributed by atoms with Gasteiger partial charge in [0.2, 0.25) is 0 Å². The first-order valence-corrected chi connectivity index (χ1v) is 5.57. The van der Waals surface area contributed by atoms with Crippen LogP contribution >= 0.6 is 0 Å². The molecule has 94 valence electrons. The van der Waals surface area contributed by atoms with Crippen LogP contribution in [0.4, 0.5) is 20.2 Å². The molecule has 2 nitrogen and oxygen atoms in total. The van der Waals surface area contributed by atoms with Gasteiger partial charge in [-0.05, 0) is 18.2 Å². The van der Waals surface area contributed by atoms with Gasteiger partial charge in [-0.1, -0.05) is 18.2 Å². The maximum atomic E-state index is 13.5. The Balaban J connectivity index is 2.21. The number of anilines is 2. The molecular formula is C14H14F2N2. The van der Waals surface area contributed by atoms with Crippen molar-refractivity contribution in [1.82, 2.24) is 0 Å². The Morgan fingerprint density at radius 1 is 1.11 bits per heavy atom. The monoisotopic (exact) mass is 248 g/mol. The van der Waals surface area contributed by atoms with Crippen LogP contribution in [0.25, 0.3) is 0 Å². The molecule has 0 aliphatic rings. The lowest BCUT2D eigenvalue weighted by molar-refractivity contribution is 0.571. The fourth-order valence-electron chi connectivity index (χ4n) is 1.83. The molecule has 0 saturated carbocycles. The minimum Gasteiger partial charge on any atom is -0.397 e. The van der Waals surface area contributed by atoms with E-state index in [-0.39, 0.29) is 0 Å². The van der Waals surface area contributed by atoms with Crippen LogP contribution in [0.3, 0.4) is 0 Å². The average Bonchev–Trinajstić information content (AvgIpc) is 2.33. The molecule has 2 aromatic carbocycles. The summed E-state index contributed by atoms with van der Waals surface area (Å²) in [6, 6.07) is 10.9. The number of para-hydroxylation sites is 2. The van der Waals surface area contributed by atoms with Gasteiger partial charge in [0.15, 0.2) is 0 Å². The summed E-state index contributed by atoms with van der Waals surface area (Å²) in [4.78, 5) is 1.83. The first-order chi connectivity index (χ1) is 8.58. The van der Waals surface area contributed by atoms with Crippen LogP contribution in [0.2, 0.25) is 0 Å². The molecule has 0 amide bonds. The smallest absolute Gasteiger partial charge is 0.131 e. The van der Waals surface area contributed by atoms with Crippen LogP contribution < -0.4 is 10.6 Å². The zero-order valence-electron chi connectivity index (χ0n) is 10.0. The van der Waals surface area contributed by atoms with E-state index in [0.717, 1.165) is 11.8 Å². The predicted octanol–water partition coefficient (Wildman–Crippen LogP) is 3.18. The molecular weight excluding hydrogens is 234 g/mol. The Morgan fingerprint density at radius 2 is 1.83 bits per heavy atom. The van der Waals surface area contributed by atoms with Crippen molar-refractivity contribution < 1.29 is 8.78 Å². The molecule has 0 unspecified atom stereocenters. The maximum Gasteiger partial charge on any atom is 0.131 e. The third kappa shape index (κ3) is 2.59. The highest BCUT2D eigenvalue weighted by molar-refractivity contribution is 5.66. The lowest BCUT2D eigenvalue weighted by atomic mass is 10.1. The molecule has 0 fully saturated rings. The quantitative estimate of drug-likeness (QED) is 0.845. The molecule has 0 aliphatic carbocycles. The fraction of sp³-hybridized carbons (Fsp3) is 0.143. The Hall–Kier alpha value is -2.10. The van der Waals surface area contributed by atoms with E-state index in [1.54, 1.807) is 6.07 Å². The molecule has 4 heteroatoms. The lowest BCUT2D eigenvalue weighted by Gasteiger charge is -2.21. The molecule has 18 heavy (non-hydrogen) atoms. The van der Waals surface area contributed by atoms with Gasteiger partial charge in [0, 0.05) is 25.2 Å². The number of nitrogen functional groups attached to an aromatic ring is 1. The third-order valence-corrected chi connectivity index (χ3v) is 2.77. The number of hydrogen-bond donors (Lipinski definition) is 1. The molecule has 0 aromatic heterocycles. The zero-order chi connectivity index (χ0) is 13.1. The number of benzene rings is 2. The highest BCUT2D eigenvalue weighted by Gasteiger charge is 2.09. The summed E-state index contributed by atoms with van der Waals surface area (Å²) >= 11 is 0. The fourth-order valence-corrected chi connectivity index (χ4v) is 1.83. The molecule has 0 spiro atoms. The number of halogens is 2. The van der Waals surface area contributed by atoms with Gasteiger partial charge in [0.05, 0.1) is 11.4 Å². The molecule has 0 radical (unpaired) electrons. The van der Waals surface area contributed by atoms with Crippen molar-refractivity contribution >= 4 is 11.4 Å². The number of nitrogens with zero attached hydrogens (tertiary/aromatic N) is 1. The first kappa shape index (κ1) is 12.4. The largest absolute Gasteiger partial charge is 0.397 e. The summed E-state index contributed by atoms with van der Waals surface area (Å²) < 4.78 is 26.3. The highest BCUT2D eigenvalue weighted by atomic mass is 19.1. The van der Waals surface area contributed by atoms with Gasteiger partial charge >= 0.3 is 0 Å². The molecule has 2 N–H and O–H groups in total. The van der Waals surface area contributed by atoms with E-state index in [4.69, 9.17) is 5.73 Å². The second-order valence-electron chi connectivity index (χ2n) is 4.15. The Bertz CT molecular complexity index is 555. The van der Waals surface area contributed by atoms with E-state index >= 15 is 0 Å². The SMILES string of the molecule is CN(Cc1ccc(F)cc1F)c1ccccc1N. The van der Waals surface area contributed by atoms with Gasteiger partial charge in [-0.2, -0.15) is 0 Å². The second-order valence-corrected chi connectivity index (χ2v) is 4.15. The van der Waals surface area contributed by atoms with E-state index in [1.165, 1.54) is 12.1 Å². The van der Waals surface area contributed by atoms with E-state index in [0.29, 0.717) is 17.8 Å². The standard InChI is InChI=1S/C14H14F2N2/c1-18(14-5-3-2-4-13(14)17)9-10-6-7-11(15)8-12(10)16/h2-8H,9,17H2,1H3. The minimum atomic E-state index is -0.571. The minimum absolute atomic E-state index is 0.334. The molecule has 0 saturated heterocycles. The Kier molecular flexibility index (Phi) is 3.46. The molecule has 2 rings (SSSR count). The van der Waals surface area contributed by atoms with Crippen molar-refractivity contribution in [3.63, 3.8) is 0 Å². The Labute approximate surface area is 105 Å². The summed E-state index contributed by atoms with van der Waals surface area (Å²) in [6.07, 6.45) is 0. The van der Waals surface area contributed by atoms with Crippen LogP contribution in [0.5, 0.6) is 0 Å². The Morgan fingerprint density at radius 3 is 2.50 bits per heavy atom. The molecule has 0 heterocycles. The van der Waals surface area contributed by atoms with Gasteiger partial charge in [-0.15, -0.1) is 0 Å². The van der Waals surface area contributed by atoms with Gasteiger partial charge in [0.1, 0.15) is 11.6 Å². The highest BCUT2D eigenvalue weighted by Crippen LogP contribution is 2.23. The van der Waals surface area contributed by atoms with Crippen molar-refractivity contribution in [2.75, 3.05) is 17.7 Å². The summed E-state index contributed by atoms with van der Waals surface area (Å²) in [6.45, 7) is 0.334. The van der Waals surface area contributed by atoms with Crippen LogP contribution in [-0.2, 0) is 6.54 Å². The predicted molar refractivity (Wildman–Crippen MR) is 69.3 cm³/mol. The van der Waals surface area contributed by atoms with Crippen molar-refractivity contribution in [2.45, 2.75) is 6.54 Å². The average molecular weight is 248 g/mol. The van der Waals surface area contributed by atoms with Crippen LogP contribution in [-0.4, -0.2) is 7.05 Å². The lowest BCUT2D eigenvalue weighted by Crippen LogP contribution is -2.18. The van der Waals surface area contributed by atoms with Crippen LogP contribution in [0.1, 0.15) is 5.56 Å². The van der Waals surface area contributed by atoms with Gasteiger partial charge < -0.3 is 10.6 Å². The summed E-state index contributed by atoms with van der Waals surface area (Å²) in [5.41, 5.74) is 7.72. The van der Waals surface area contributed by atoms with Crippen LogP contribution in [0.15, 0.2) is 42.5 Å². The van der Waals surface area contributed by atoms with E-state index in [2.05, 4.69) is 0 Å². The van der Waals surface area contributed by atoms with Crippen molar-refractivity contribution in [1.29, 1.82) is 0 Å². The van der Waals surface area contributed by atoms with Gasteiger partial charge in [-0.3, -0.25) is 0 Å². The van der Waals surface area contributed by atoms with E-state index in [9.17, 15) is 8.78 Å². The van der Waals surface area contributed by atoms with E-state index in [1.807, 2.05) is 30.1 Å². The van der Waals surface area contributed by atoms with Crippen LogP contribution in [0, 0.1) is 11.6 Å². The second kappa shape index (κ2) is 5.04. The third-order valence-electron chi connectivity index (χ3n) is 2.77. The molecule has 2 aromatic rings. The van der Waals surface area contributed by atoms with Gasteiger partial charge in [-0.25, -0.2) is 8.78 Å². The molecule has 0 bridgehead atoms. The van der Waals surface area contributed by atoms with Crippen molar-refractivity contribution in [2.24, 2.45) is 0 Å².